The standard InChI is InChI=1S/C13H19NO2/c1-3-8-14(11-5-6-11)13(15)9-12-7-4-10(2)16-12/h4,7,11H,3,5-6,8-9H2,1-2H3. The highest BCUT2D eigenvalue weighted by molar-refractivity contribution is 5.78. The minimum atomic E-state index is 0.207. The van der Waals surface area contributed by atoms with E-state index < -0.39 is 0 Å². The molecule has 1 amide bonds. The van der Waals surface area contributed by atoms with Gasteiger partial charge in [0, 0.05) is 12.6 Å². The molecule has 0 aliphatic heterocycles. The summed E-state index contributed by atoms with van der Waals surface area (Å²) >= 11 is 0. The number of rotatable bonds is 5. The molecule has 0 bridgehead atoms. The first-order chi connectivity index (χ1) is 7.70. The van der Waals surface area contributed by atoms with Gasteiger partial charge in [-0.15, -0.1) is 0 Å². The molecule has 0 N–H and O–H groups in total. The summed E-state index contributed by atoms with van der Waals surface area (Å²) in [5, 5.41) is 0. The maximum atomic E-state index is 12.1. The lowest BCUT2D eigenvalue weighted by Crippen LogP contribution is -2.34. The van der Waals surface area contributed by atoms with E-state index in [1.54, 1.807) is 0 Å². The van der Waals surface area contributed by atoms with E-state index in [-0.39, 0.29) is 5.91 Å². The lowest BCUT2D eigenvalue weighted by atomic mass is 10.2. The normalized spacial score (nSPS) is 15.1. The lowest BCUT2D eigenvalue weighted by molar-refractivity contribution is -0.131. The van der Waals surface area contributed by atoms with Crippen LogP contribution in [0.5, 0.6) is 0 Å². The zero-order valence-corrected chi connectivity index (χ0v) is 10.0. The monoisotopic (exact) mass is 221 g/mol. The minimum absolute atomic E-state index is 0.207. The van der Waals surface area contributed by atoms with Crippen LogP contribution in [0, 0.1) is 6.92 Å². The molecule has 0 unspecified atom stereocenters. The SMILES string of the molecule is CCCN(C(=O)Cc1ccc(C)o1)C1CC1. The third kappa shape index (κ3) is 2.65. The molecule has 1 saturated carbocycles. The van der Waals surface area contributed by atoms with Gasteiger partial charge in [0.15, 0.2) is 0 Å². The smallest absolute Gasteiger partial charge is 0.230 e. The van der Waals surface area contributed by atoms with E-state index in [0.29, 0.717) is 12.5 Å². The Morgan fingerprint density at radius 1 is 1.50 bits per heavy atom. The summed E-state index contributed by atoms with van der Waals surface area (Å²) in [6.45, 7) is 4.89. The van der Waals surface area contributed by atoms with Crippen LogP contribution in [0.25, 0.3) is 0 Å². The second-order valence-electron chi connectivity index (χ2n) is 4.51. The summed E-state index contributed by atoms with van der Waals surface area (Å²) in [6.07, 6.45) is 3.77. The van der Waals surface area contributed by atoms with Crippen molar-refractivity contribution in [1.82, 2.24) is 4.90 Å². The summed E-state index contributed by atoms with van der Waals surface area (Å²) in [7, 11) is 0. The molecule has 1 fully saturated rings. The fourth-order valence-electron chi connectivity index (χ4n) is 1.97. The Morgan fingerprint density at radius 2 is 2.25 bits per heavy atom. The number of carbonyl (C=O) groups excluding carboxylic acids is 1. The van der Waals surface area contributed by atoms with Gasteiger partial charge in [0.05, 0.1) is 6.42 Å². The second kappa shape index (κ2) is 4.73. The topological polar surface area (TPSA) is 33.5 Å². The Balaban J connectivity index is 1.94. The maximum absolute atomic E-state index is 12.1. The first kappa shape index (κ1) is 11.2. The molecule has 3 heteroatoms. The molecular formula is C13H19NO2. The van der Waals surface area contributed by atoms with Crippen LogP contribution in [0.15, 0.2) is 16.5 Å². The quantitative estimate of drug-likeness (QED) is 0.765. The predicted molar refractivity (Wildman–Crippen MR) is 62.2 cm³/mol. The van der Waals surface area contributed by atoms with Crippen molar-refractivity contribution in [2.45, 2.75) is 45.6 Å². The summed E-state index contributed by atoms with van der Waals surface area (Å²) in [6, 6.07) is 4.30. The van der Waals surface area contributed by atoms with Gasteiger partial charge in [0.25, 0.3) is 0 Å². The Hall–Kier alpha value is -1.25. The Morgan fingerprint density at radius 3 is 2.75 bits per heavy atom. The van der Waals surface area contributed by atoms with E-state index in [4.69, 9.17) is 4.42 Å². The van der Waals surface area contributed by atoms with E-state index in [9.17, 15) is 4.79 Å². The van der Waals surface area contributed by atoms with Crippen molar-refractivity contribution >= 4 is 5.91 Å². The van der Waals surface area contributed by atoms with Gasteiger partial charge < -0.3 is 9.32 Å². The second-order valence-corrected chi connectivity index (χ2v) is 4.51. The average Bonchev–Trinajstić information content (AvgIpc) is 3.00. The molecule has 1 aromatic heterocycles. The number of hydrogen-bond acceptors (Lipinski definition) is 2. The van der Waals surface area contributed by atoms with Crippen LogP contribution in [-0.2, 0) is 11.2 Å². The molecule has 1 aliphatic rings. The van der Waals surface area contributed by atoms with Crippen LogP contribution in [0.2, 0.25) is 0 Å². The number of nitrogens with zero attached hydrogens (tertiary/aromatic N) is 1. The molecule has 16 heavy (non-hydrogen) atoms. The Kier molecular flexibility index (Phi) is 3.32. The van der Waals surface area contributed by atoms with Gasteiger partial charge in [0.1, 0.15) is 11.5 Å². The van der Waals surface area contributed by atoms with E-state index in [1.165, 1.54) is 12.8 Å². The fourth-order valence-corrected chi connectivity index (χ4v) is 1.97. The number of aryl methyl sites for hydroxylation is 1. The molecule has 0 atom stereocenters. The molecule has 0 aromatic carbocycles. The average molecular weight is 221 g/mol. The first-order valence-electron chi connectivity index (χ1n) is 6.05. The Labute approximate surface area is 96.4 Å². The molecule has 1 aliphatic carbocycles. The van der Waals surface area contributed by atoms with Crippen LogP contribution in [0.4, 0.5) is 0 Å². The van der Waals surface area contributed by atoms with Crippen molar-refractivity contribution in [3.05, 3.63) is 23.7 Å². The molecule has 0 saturated heterocycles. The van der Waals surface area contributed by atoms with Crippen molar-refractivity contribution in [3.63, 3.8) is 0 Å². The molecule has 3 nitrogen and oxygen atoms in total. The van der Waals surface area contributed by atoms with Gasteiger partial charge in [0.2, 0.25) is 5.91 Å². The van der Waals surface area contributed by atoms with Gasteiger partial charge in [-0.3, -0.25) is 4.79 Å². The molecule has 1 heterocycles. The maximum Gasteiger partial charge on any atom is 0.230 e. The number of furan rings is 1. The third-order valence-electron chi connectivity index (χ3n) is 2.89. The summed E-state index contributed by atoms with van der Waals surface area (Å²) < 4.78 is 5.44. The van der Waals surface area contributed by atoms with Crippen LogP contribution in [0.3, 0.4) is 0 Å². The van der Waals surface area contributed by atoms with Gasteiger partial charge in [-0.2, -0.15) is 0 Å². The van der Waals surface area contributed by atoms with Crippen molar-refractivity contribution < 1.29 is 9.21 Å². The van der Waals surface area contributed by atoms with Gasteiger partial charge in [-0.05, 0) is 38.3 Å². The highest BCUT2D eigenvalue weighted by atomic mass is 16.3. The number of hydrogen-bond donors (Lipinski definition) is 0. The van der Waals surface area contributed by atoms with E-state index in [2.05, 4.69) is 6.92 Å². The van der Waals surface area contributed by atoms with Gasteiger partial charge >= 0.3 is 0 Å². The number of carbonyl (C=O) groups is 1. The molecule has 0 spiro atoms. The molecular weight excluding hydrogens is 202 g/mol. The first-order valence-corrected chi connectivity index (χ1v) is 6.05. The molecule has 2 rings (SSSR count). The van der Waals surface area contributed by atoms with Gasteiger partial charge in [-0.1, -0.05) is 6.92 Å². The summed E-state index contributed by atoms with van der Waals surface area (Å²) in [5.41, 5.74) is 0. The molecule has 88 valence electrons. The molecule has 1 aromatic rings. The van der Waals surface area contributed by atoms with E-state index >= 15 is 0 Å². The highest BCUT2D eigenvalue weighted by Crippen LogP contribution is 2.27. The van der Waals surface area contributed by atoms with Crippen LogP contribution in [-0.4, -0.2) is 23.4 Å². The zero-order valence-electron chi connectivity index (χ0n) is 10.0. The van der Waals surface area contributed by atoms with Gasteiger partial charge in [-0.25, -0.2) is 0 Å². The molecule has 0 radical (unpaired) electrons. The predicted octanol–water partition coefficient (Wildman–Crippen LogP) is 2.53. The largest absolute Gasteiger partial charge is 0.466 e. The Bertz CT molecular complexity index is 366. The van der Waals surface area contributed by atoms with E-state index in [0.717, 1.165) is 24.5 Å². The number of amides is 1. The highest BCUT2D eigenvalue weighted by Gasteiger charge is 2.31. The van der Waals surface area contributed by atoms with Crippen LogP contribution < -0.4 is 0 Å². The van der Waals surface area contributed by atoms with Crippen molar-refractivity contribution in [1.29, 1.82) is 0 Å². The summed E-state index contributed by atoms with van der Waals surface area (Å²) in [5.74, 6) is 1.86. The minimum Gasteiger partial charge on any atom is -0.466 e. The van der Waals surface area contributed by atoms with Crippen LogP contribution >= 0.6 is 0 Å². The zero-order chi connectivity index (χ0) is 11.5. The summed E-state index contributed by atoms with van der Waals surface area (Å²) in [4.78, 5) is 14.1. The van der Waals surface area contributed by atoms with Crippen LogP contribution in [0.1, 0.15) is 37.7 Å². The fraction of sp³-hybridized carbons (Fsp3) is 0.615. The lowest BCUT2D eigenvalue weighted by Gasteiger charge is -2.21. The third-order valence-corrected chi connectivity index (χ3v) is 2.89. The van der Waals surface area contributed by atoms with E-state index in [1.807, 2.05) is 24.0 Å². The van der Waals surface area contributed by atoms with Crippen molar-refractivity contribution in [2.24, 2.45) is 0 Å². The van der Waals surface area contributed by atoms with Crippen molar-refractivity contribution in [2.75, 3.05) is 6.54 Å². The van der Waals surface area contributed by atoms with Crippen molar-refractivity contribution in [3.8, 4) is 0 Å².